The normalized spacial score (nSPS) is 11.0. The van der Waals surface area contributed by atoms with Crippen molar-refractivity contribution in [3.05, 3.63) is 69.8 Å². The standard InChI is InChI=1S/C21H26N2O3/c1-15(2)13-22(14-16(3)4)19-11-10-18(12-20(19)23(25)26)21(24)17-8-6-5-7-9-17/h5-12,15-16H,13-14H2,1-4H3. The molecule has 0 radical (unpaired) electrons. The van der Waals surface area contributed by atoms with Crippen LogP contribution < -0.4 is 4.90 Å². The minimum absolute atomic E-state index is 0.0203. The number of carbonyl (C=O) groups is 1. The Morgan fingerprint density at radius 3 is 2.04 bits per heavy atom. The number of hydrogen-bond acceptors (Lipinski definition) is 4. The maximum Gasteiger partial charge on any atom is 0.293 e. The number of nitro groups is 1. The fourth-order valence-electron chi connectivity index (χ4n) is 2.99. The largest absolute Gasteiger partial charge is 0.365 e. The van der Waals surface area contributed by atoms with Crippen LogP contribution in [0.3, 0.4) is 0 Å². The Hall–Kier alpha value is -2.69. The van der Waals surface area contributed by atoms with Crippen molar-refractivity contribution in [1.82, 2.24) is 0 Å². The van der Waals surface area contributed by atoms with Gasteiger partial charge in [0.2, 0.25) is 0 Å². The van der Waals surface area contributed by atoms with Crippen molar-refractivity contribution in [1.29, 1.82) is 0 Å². The molecule has 0 unspecified atom stereocenters. The minimum Gasteiger partial charge on any atom is -0.365 e. The van der Waals surface area contributed by atoms with E-state index in [1.165, 1.54) is 6.07 Å². The number of carbonyl (C=O) groups excluding carboxylic acids is 1. The third-order valence-corrected chi connectivity index (χ3v) is 3.98. The molecule has 26 heavy (non-hydrogen) atoms. The van der Waals surface area contributed by atoms with Gasteiger partial charge >= 0.3 is 0 Å². The summed E-state index contributed by atoms with van der Waals surface area (Å²) >= 11 is 0. The Morgan fingerprint density at radius 1 is 0.962 bits per heavy atom. The van der Waals surface area contributed by atoms with Gasteiger partial charge in [0, 0.05) is 30.3 Å². The van der Waals surface area contributed by atoms with Crippen LogP contribution in [0.25, 0.3) is 0 Å². The Labute approximate surface area is 154 Å². The summed E-state index contributed by atoms with van der Waals surface area (Å²) in [7, 11) is 0. The van der Waals surface area contributed by atoms with E-state index in [1.807, 2.05) is 11.0 Å². The smallest absolute Gasteiger partial charge is 0.293 e. The fourth-order valence-corrected chi connectivity index (χ4v) is 2.99. The molecule has 0 spiro atoms. The van der Waals surface area contributed by atoms with E-state index in [-0.39, 0.29) is 11.5 Å². The van der Waals surface area contributed by atoms with Crippen LogP contribution in [0.5, 0.6) is 0 Å². The van der Waals surface area contributed by atoms with E-state index < -0.39 is 4.92 Å². The van der Waals surface area contributed by atoms with Crippen molar-refractivity contribution < 1.29 is 9.72 Å². The van der Waals surface area contributed by atoms with Gasteiger partial charge in [-0.05, 0) is 24.0 Å². The van der Waals surface area contributed by atoms with Gasteiger partial charge in [0.05, 0.1) is 4.92 Å². The first-order valence-corrected chi connectivity index (χ1v) is 8.92. The number of hydrogen-bond donors (Lipinski definition) is 0. The van der Waals surface area contributed by atoms with Crippen molar-refractivity contribution in [3.8, 4) is 0 Å². The monoisotopic (exact) mass is 354 g/mol. The molecule has 5 nitrogen and oxygen atoms in total. The van der Waals surface area contributed by atoms with Crippen LogP contribution in [-0.4, -0.2) is 23.8 Å². The average molecular weight is 354 g/mol. The van der Waals surface area contributed by atoms with E-state index in [0.29, 0.717) is 28.7 Å². The van der Waals surface area contributed by atoms with Gasteiger partial charge in [0.25, 0.3) is 5.69 Å². The van der Waals surface area contributed by atoms with Crippen LogP contribution in [0.4, 0.5) is 11.4 Å². The number of nitrogens with zero attached hydrogens (tertiary/aromatic N) is 2. The molecule has 2 rings (SSSR count). The summed E-state index contributed by atoms with van der Waals surface area (Å²) in [4.78, 5) is 25.9. The Morgan fingerprint density at radius 2 is 1.54 bits per heavy atom. The molecular weight excluding hydrogens is 328 g/mol. The zero-order valence-corrected chi connectivity index (χ0v) is 15.8. The van der Waals surface area contributed by atoms with Crippen LogP contribution in [0.2, 0.25) is 0 Å². The Bertz CT molecular complexity index is 760. The van der Waals surface area contributed by atoms with Crippen LogP contribution in [0.15, 0.2) is 48.5 Å². The number of nitro benzene ring substituents is 1. The highest BCUT2D eigenvalue weighted by Crippen LogP contribution is 2.31. The topological polar surface area (TPSA) is 63.5 Å². The molecular formula is C21H26N2O3. The fraction of sp³-hybridized carbons (Fsp3) is 0.381. The molecule has 0 atom stereocenters. The van der Waals surface area contributed by atoms with Crippen LogP contribution in [-0.2, 0) is 0 Å². The zero-order chi connectivity index (χ0) is 19.3. The number of benzene rings is 2. The van der Waals surface area contributed by atoms with Crippen LogP contribution in [0.1, 0.15) is 43.6 Å². The molecule has 0 aliphatic heterocycles. The lowest BCUT2D eigenvalue weighted by Crippen LogP contribution is -2.31. The SMILES string of the molecule is CC(C)CN(CC(C)C)c1ccc(C(=O)c2ccccc2)cc1[N+](=O)[O-]. The minimum atomic E-state index is -0.398. The van der Waals surface area contributed by atoms with Crippen molar-refractivity contribution in [2.75, 3.05) is 18.0 Å². The van der Waals surface area contributed by atoms with Crippen molar-refractivity contribution in [2.45, 2.75) is 27.7 Å². The lowest BCUT2D eigenvalue weighted by Gasteiger charge is -2.28. The number of rotatable bonds is 8. The van der Waals surface area contributed by atoms with Gasteiger partial charge in [-0.2, -0.15) is 0 Å². The van der Waals surface area contributed by atoms with Crippen LogP contribution >= 0.6 is 0 Å². The highest BCUT2D eigenvalue weighted by molar-refractivity contribution is 6.09. The zero-order valence-electron chi connectivity index (χ0n) is 15.8. The molecule has 0 saturated heterocycles. The van der Waals surface area contributed by atoms with E-state index in [1.54, 1.807) is 36.4 Å². The third-order valence-electron chi connectivity index (χ3n) is 3.98. The molecule has 0 aliphatic rings. The quantitative estimate of drug-likeness (QED) is 0.382. The molecule has 2 aromatic rings. The van der Waals surface area contributed by atoms with Gasteiger partial charge in [-0.3, -0.25) is 14.9 Å². The molecule has 2 aromatic carbocycles. The highest BCUT2D eigenvalue weighted by atomic mass is 16.6. The first kappa shape index (κ1) is 19.6. The summed E-state index contributed by atoms with van der Waals surface area (Å²) in [6, 6.07) is 13.6. The van der Waals surface area contributed by atoms with E-state index in [0.717, 1.165) is 13.1 Å². The summed E-state index contributed by atoms with van der Waals surface area (Å²) in [5.74, 6) is 0.539. The Balaban J connectivity index is 2.45. The second kappa shape index (κ2) is 8.61. The lowest BCUT2D eigenvalue weighted by molar-refractivity contribution is -0.384. The van der Waals surface area contributed by atoms with Crippen molar-refractivity contribution in [3.63, 3.8) is 0 Å². The third kappa shape index (κ3) is 4.91. The second-order valence-electron chi connectivity index (χ2n) is 7.35. The molecule has 0 aromatic heterocycles. The molecule has 0 fully saturated rings. The molecule has 0 amide bonds. The van der Waals surface area contributed by atoms with Gasteiger partial charge in [0.15, 0.2) is 5.78 Å². The van der Waals surface area contributed by atoms with Gasteiger partial charge in [-0.15, -0.1) is 0 Å². The molecule has 0 N–H and O–H groups in total. The molecule has 5 heteroatoms. The van der Waals surface area contributed by atoms with Crippen molar-refractivity contribution >= 4 is 17.2 Å². The summed E-state index contributed by atoms with van der Waals surface area (Å²) in [6.45, 7) is 9.81. The summed E-state index contributed by atoms with van der Waals surface area (Å²) in [6.07, 6.45) is 0. The molecule has 0 saturated carbocycles. The van der Waals surface area contributed by atoms with E-state index >= 15 is 0 Å². The summed E-state index contributed by atoms with van der Waals surface area (Å²) in [5.41, 5.74) is 1.41. The molecule has 0 bridgehead atoms. The molecule has 0 heterocycles. The maximum absolute atomic E-state index is 12.6. The number of anilines is 1. The van der Waals surface area contributed by atoms with Gasteiger partial charge in [0.1, 0.15) is 5.69 Å². The summed E-state index contributed by atoms with van der Waals surface area (Å²) < 4.78 is 0. The van der Waals surface area contributed by atoms with Crippen LogP contribution in [0, 0.1) is 22.0 Å². The second-order valence-corrected chi connectivity index (χ2v) is 7.35. The van der Waals surface area contributed by atoms with Crippen molar-refractivity contribution in [2.24, 2.45) is 11.8 Å². The molecule has 0 aliphatic carbocycles. The highest BCUT2D eigenvalue weighted by Gasteiger charge is 2.23. The van der Waals surface area contributed by atoms with Gasteiger partial charge < -0.3 is 4.90 Å². The predicted molar refractivity (Wildman–Crippen MR) is 105 cm³/mol. The average Bonchev–Trinajstić information content (AvgIpc) is 2.60. The Kier molecular flexibility index (Phi) is 6.50. The van der Waals surface area contributed by atoms with E-state index in [2.05, 4.69) is 27.7 Å². The first-order chi connectivity index (χ1) is 12.3. The van der Waals surface area contributed by atoms with E-state index in [9.17, 15) is 14.9 Å². The number of ketones is 1. The summed E-state index contributed by atoms with van der Waals surface area (Å²) in [5, 5.41) is 11.7. The molecule has 138 valence electrons. The van der Waals surface area contributed by atoms with E-state index in [4.69, 9.17) is 0 Å². The predicted octanol–water partition coefficient (Wildman–Crippen LogP) is 4.94. The first-order valence-electron chi connectivity index (χ1n) is 8.92. The lowest BCUT2D eigenvalue weighted by atomic mass is 10.0. The van der Waals surface area contributed by atoms with Gasteiger partial charge in [-0.25, -0.2) is 0 Å². The van der Waals surface area contributed by atoms with Gasteiger partial charge in [-0.1, -0.05) is 58.0 Å². The maximum atomic E-state index is 12.6.